The second-order valence-corrected chi connectivity index (χ2v) is 8.46. The molecule has 1 aromatic rings. The highest BCUT2D eigenvalue weighted by atomic mass is 79.9. The molecule has 5 nitrogen and oxygen atoms in total. The van der Waals surface area contributed by atoms with Crippen LogP contribution in [0.2, 0.25) is 5.02 Å². The molecule has 2 heterocycles. The Morgan fingerprint density at radius 2 is 1.92 bits per heavy atom. The topological polar surface area (TPSA) is 31.0 Å². The first-order valence-corrected chi connectivity index (χ1v) is 10.9. The Kier molecular flexibility index (Phi) is 7.46. The summed E-state index contributed by atoms with van der Waals surface area (Å²) in [4.78, 5) is 7.52. The molecule has 7 heteroatoms. The number of ether oxygens (including phenoxy) is 1. The Morgan fingerprint density at radius 1 is 1.19 bits per heavy atom. The SMILES string of the molecule is CCN1CCN(CCOc2c(C)ccc(Cl)c2N2CCNCC2Br)CC1. The van der Waals surface area contributed by atoms with Crippen molar-refractivity contribution in [2.45, 2.75) is 18.8 Å². The minimum atomic E-state index is 0.222. The van der Waals surface area contributed by atoms with Gasteiger partial charge < -0.3 is 19.9 Å². The Morgan fingerprint density at radius 3 is 2.62 bits per heavy atom. The van der Waals surface area contributed by atoms with Crippen LogP contribution in [0.5, 0.6) is 5.75 Å². The molecule has 1 unspecified atom stereocenters. The molecule has 26 heavy (non-hydrogen) atoms. The number of halogens is 2. The van der Waals surface area contributed by atoms with Crippen molar-refractivity contribution in [3.8, 4) is 5.75 Å². The van der Waals surface area contributed by atoms with Gasteiger partial charge in [0, 0.05) is 52.4 Å². The maximum absolute atomic E-state index is 6.58. The largest absolute Gasteiger partial charge is 0.490 e. The number of benzene rings is 1. The molecule has 0 bridgehead atoms. The van der Waals surface area contributed by atoms with E-state index in [4.69, 9.17) is 16.3 Å². The summed E-state index contributed by atoms with van der Waals surface area (Å²) in [6.07, 6.45) is 0. The third-order valence-electron chi connectivity index (χ3n) is 5.31. The van der Waals surface area contributed by atoms with Crippen LogP contribution in [0.4, 0.5) is 5.69 Å². The van der Waals surface area contributed by atoms with Crippen molar-refractivity contribution in [2.24, 2.45) is 0 Å². The van der Waals surface area contributed by atoms with Crippen LogP contribution in [0.3, 0.4) is 0 Å². The van der Waals surface area contributed by atoms with E-state index in [1.54, 1.807) is 0 Å². The molecule has 0 aliphatic carbocycles. The van der Waals surface area contributed by atoms with Gasteiger partial charge in [0.1, 0.15) is 12.4 Å². The number of hydrogen-bond acceptors (Lipinski definition) is 5. The van der Waals surface area contributed by atoms with Crippen molar-refractivity contribution < 1.29 is 4.74 Å². The number of nitrogens with one attached hydrogen (secondary N) is 1. The molecule has 0 aromatic heterocycles. The van der Waals surface area contributed by atoms with Crippen LogP contribution in [0.25, 0.3) is 0 Å². The molecular weight excluding hydrogens is 416 g/mol. The zero-order valence-electron chi connectivity index (χ0n) is 15.8. The Bertz CT molecular complexity index is 595. The molecule has 2 fully saturated rings. The zero-order chi connectivity index (χ0) is 18.5. The third-order valence-corrected chi connectivity index (χ3v) is 6.44. The molecule has 2 aliphatic rings. The number of anilines is 1. The summed E-state index contributed by atoms with van der Waals surface area (Å²) in [7, 11) is 0. The molecule has 2 saturated heterocycles. The molecule has 1 atom stereocenters. The lowest BCUT2D eigenvalue weighted by Crippen LogP contribution is -2.48. The van der Waals surface area contributed by atoms with Gasteiger partial charge in [-0.2, -0.15) is 0 Å². The average molecular weight is 446 g/mol. The molecule has 0 spiro atoms. The second-order valence-electron chi connectivity index (χ2n) is 7.00. The van der Waals surface area contributed by atoms with E-state index >= 15 is 0 Å². The first-order chi connectivity index (χ1) is 12.6. The van der Waals surface area contributed by atoms with Crippen LogP contribution in [-0.4, -0.2) is 80.3 Å². The zero-order valence-corrected chi connectivity index (χ0v) is 18.2. The summed E-state index contributed by atoms with van der Waals surface area (Å²) >= 11 is 10.3. The number of nitrogens with zero attached hydrogens (tertiary/aromatic N) is 3. The van der Waals surface area contributed by atoms with E-state index in [1.807, 2.05) is 12.1 Å². The molecule has 1 aromatic carbocycles. The van der Waals surface area contributed by atoms with Gasteiger partial charge in [-0.3, -0.25) is 4.90 Å². The first-order valence-electron chi connectivity index (χ1n) is 9.58. The minimum absolute atomic E-state index is 0.222. The van der Waals surface area contributed by atoms with Gasteiger partial charge in [-0.1, -0.05) is 40.5 Å². The number of likely N-dealkylation sites (N-methyl/N-ethyl adjacent to an activating group) is 1. The van der Waals surface area contributed by atoms with Gasteiger partial charge in [-0.15, -0.1) is 0 Å². The monoisotopic (exact) mass is 444 g/mol. The molecule has 1 N–H and O–H groups in total. The van der Waals surface area contributed by atoms with Crippen molar-refractivity contribution in [1.29, 1.82) is 0 Å². The summed E-state index contributed by atoms with van der Waals surface area (Å²) in [5.74, 6) is 0.927. The van der Waals surface area contributed by atoms with Crippen LogP contribution in [0.1, 0.15) is 12.5 Å². The van der Waals surface area contributed by atoms with Gasteiger partial charge >= 0.3 is 0 Å². The van der Waals surface area contributed by atoms with E-state index < -0.39 is 0 Å². The minimum Gasteiger partial charge on any atom is -0.490 e. The first kappa shape index (κ1) is 20.2. The van der Waals surface area contributed by atoms with E-state index in [0.717, 1.165) is 80.9 Å². The van der Waals surface area contributed by atoms with E-state index in [2.05, 4.69) is 49.8 Å². The Hall–Kier alpha value is -0.530. The number of alkyl halides is 1. The van der Waals surface area contributed by atoms with E-state index in [9.17, 15) is 0 Å². The summed E-state index contributed by atoms with van der Waals surface area (Å²) in [6.45, 7) is 14.5. The second kappa shape index (κ2) is 9.60. The lowest BCUT2D eigenvalue weighted by molar-refractivity contribution is 0.120. The Balaban J connectivity index is 1.64. The fourth-order valence-corrected chi connectivity index (χ4v) is 4.52. The van der Waals surface area contributed by atoms with Crippen molar-refractivity contribution in [3.63, 3.8) is 0 Å². The van der Waals surface area contributed by atoms with Crippen LogP contribution < -0.4 is 15.0 Å². The maximum atomic E-state index is 6.58. The lowest BCUT2D eigenvalue weighted by Gasteiger charge is -2.37. The van der Waals surface area contributed by atoms with Gasteiger partial charge in [0.15, 0.2) is 0 Å². The summed E-state index contributed by atoms with van der Waals surface area (Å²) in [5, 5.41) is 4.16. The van der Waals surface area contributed by atoms with Crippen molar-refractivity contribution in [2.75, 3.05) is 70.4 Å². The van der Waals surface area contributed by atoms with Crippen molar-refractivity contribution in [1.82, 2.24) is 15.1 Å². The average Bonchev–Trinajstić information content (AvgIpc) is 2.66. The lowest BCUT2D eigenvalue weighted by atomic mass is 10.1. The fraction of sp³-hybridized carbons (Fsp3) is 0.684. The van der Waals surface area contributed by atoms with Crippen molar-refractivity contribution >= 4 is 33.2 Å². The van der Waals surface area contributed by atoms with Crippen molar-refractivity contribution in [3.05, 3.63) is 22.7 Å². The highest BCUT2D eigenvalue weighted by Gasteiger charge is 2.26. The molecule has 3 rings (SSSR count). The third kappa shape index (κ3) is 4.84. The summed E-state index contributed by atoms with van der Waals surface area (Å²) < 4.78 is 6.28. The molecule has 146 valence electrons. The number of aryl methyl sites for hydroxylation is 1. The molecule has 0 radical (unpaired) electrons. The predicted octanol–water partition coefficient (Wildman–Crippen LogP) is 2.80. The number of piperazine rings is 2. The molecule has 0 amide bonds. The van der Waals surface area contributed by atoms with Gasteiger partial charge in [0.2, 0.25) is 0 Å². The quantitative estimate of drug-likeness (QED) is 0.537. The molecule has 2 aliphatic heterocycles. The van der Waals surface area contributed by atoms with E-state index in [0.29, 0.717) is 6.61 Å². The van der Waals surface area contributed by atoms with Crippen LogP contribution in [0, 0.1) is 6.92 Å². The summed E-state index contributed by atoms with van der Waals surface area (Å²) in [6, 6.07) is 4.03. The highest BCUT2D eigenvalue weighted by molar-refractivity contribution is 9.09. The smallest absolute Gasteiger partial charge is 0.147 e. The maximum Gasteiger partial charge on any atom is 0.147 e. The highest BCUT2D eigenvalue weighted by Crippen LogP contribution is 2.40. The van der Waals surface area contributed by atoms with Gasteiger partial charge in [-0.25, -0.2) is 0 Å². The van der Waals surface area contributed by atoms with Gasteiger partial charge in [0.05, 0.1) is 15.7 Å². The molecule has 0 saturated carbocycles. The Labute approximate surface area is 170 Å². The van der Waals surface area contributed by atoms with E-state index in [-0.39, 0.29) is 4.95 Å². The van der Waals surface area contributed by atoms with Crippen LogP contribution in [0.15, 0.2) is 12.1 Å². The van der Waals surface area contributed by atoms with Crippen LogP contribution in [-0.2, 0) is 0 Å². The van der Waals surface area contributed by atoms with Gasteiger partial charge in [0.25, 0.3) is 0 Å². The molecular formula is C19H30BrClN4O. The van der Waals surface area contributed by atoms with Gasteiger partial charge in [-0.05, 0) is 25.1 Å². The summed E-state index contributed by atoms with van der Waals surface area (Å²) in [5.41, 5.74) is 2.16. The predicted molar refractivity (Wildman–Crippen MR) is 113 cm³/mol. The number of hydrogen-bond donors (Lipinski definition) is 1. The van der Waals surface area contributed by atoms with E-state index in [1.165, 1.54) is 0 Å². The van der Waals surface area contributed by atoms with Crippen LogP contribution >= 0.6 is 27.5 Å². The number of rotatable bonds is 6. The standard InChI is InChI=1S/C19H30BrClN4O/c1-3-23-8-10-24(11-9-23)12-13-26-19-15(2)4-5-16(21)18(19)25-7-6-22-14-17(25)20/h4-5,17,22H,3,6-14H2,1-2H3. The fourth-order valence-electron chi connectivity index (χ4n) is 3.63. The normalized spacial score (nSPS) is 22.6.